The SMILES string of the molecule is OCCc1cc(C(F)(F)F)ncc1C(O)c1cccc(Br)n1. The number of hydrogen-bond acceptors (Lipinski definition) is 4. The van der Waals surface area contributed by atoms with Crippen molar-refractivity contribution in [1.82, 2.24) is 9.97 Å². The lowest BCUT2D eigenvalue weighted by Gasteiger charge is -2.16. The molecule has 0 bridgehead atoms. The maximum atomic E-state index is 12.7. The summed E-state index contributed by atoms with van der Waals surface area (Å²) in [6.07, 6.45) is -4.86. The van der Waals surface area contributed by atoms with Crippen LogP contribution in [0.2, 0.25) is 0 Å². The van der Waals surface area contributed by atoms with Gasteiger partial charge < -0.3 is 10.2 Å². The first kappa shape index (κ1) is 16.9. The van der Waals surface area contributed by atoms with Gasteiger partial charge in [0.1, 0.15) is 16.4 Å². The van der Waals surface area contributed by atoms with Crippen molar-refractivity contribution in [2.75, 3.05) is 6.61 Å². The van der Waals surface area contributed by atoms with Gasteiger partial charge in [0.2, 0.25) is 0 Å². The van der Waals surface area contributed by atoms with Gasteiger partial charge in [-0.2, -0.15) is 13.2 Å². The third-order valence-electron chi connectivity index (χ3n) is 3.01. The maximum absolute atomic E-state index is 12.7. The lowest BCUT2D eigenvalue weighted by Crippen LogP contribution is -2.13. The predicted octanol–water partition coefficient (Wildman–Crippen LogP) is 2.87. The number of nitrogens with zero attached hydrogens (tertiary/aromatic N) is 2. The summed E-state index contributed by atoms with van der Waals surface area (Å²) in [5.41, 5.74) is -0.420. The monoisotopic (exact) mass is 376 g/mol. The molecule has 8 heteroatoms. The van der Waals surface area contributed by atoms with E-state index >= 15 is 0 Å². The van der Waals surface area contributed by atoms with Crippen molar-refractivity contribution in [3.63, 3.8) is 0 Å². The second-order valence-electron chi connectivity index (χ2n) is 4.53. The number of aliphatic hydroxyl groups is 2. The Bertz CT molecular complexity index is 665. The van der Waals surface area contributed by atoms with Crippen molar-refractivity contribution in [3.8, 4) is 0 Å². The van der Waals surface area contributed by atoms with Crippen LogP contribution in [0.3, 0.4) is 0 Å². The highest BCUT2D eigenvalue weighted by Crippen LogP contribution is 2.31. The number of pyridine rings is 2. The fourth-order valence-corrected chi connectivity index (χ4v) is 2.34. The van der Waals surface area contributed by atoms with Crippen molar-refractivity contribution < 1.29 is 23.4 Å². The molecule has 2 rings (SSSR count). The molecule has 4 nitrogen and oxygen atoms in total. The lowest BCUT2D eigenvalue weighted by atomic mass is 9.99. The highest BCUT2D eigenvalue weighted by molar-refractivity contribution is 9.10. The van der Waals surface area contributed by atoms with Gasteiger partial charge in [-0.05, 0) is 46.1 Å². The molecule has 0 aliphatic rings. The Hall–Kier alpha value is -1.51. The van der Waals surface area contributed by atoms with E-state index < -0.39 is 18.0 Å². The highest BCUT2D eigenvalue weighted by atomic mass is 79.9. The van der Waals surface area contributed by atoms with Gasteiger partial charge in [-0.1, -0.05) is 6.07 Å². The van der Waals surface area contributed by atoms with E-state index in [1.54, 1.807) is 18.2 Å². The number of aliphatic hydroxyl groups excluding tert-OH is 2. The molecule has 2 aromatic rings. The van der Waals surface area contributed by atoms with Crippen LogP contribution < -0.4 is 0 Å². The average molecular weight is 377 g/mol. The van der Waals surface area contributed by atoms with Gasteiger partial charge in [-0.15, -0.1) is 0 Å². The van der Waals surface area contributed by atoms with E-state index in [0.29, 0.717) is 4.60 Å². The number of alkyl halides is 3. The van der Waals surface area contributed by atoms with Gasteiger partial charge in [-0.25, -0.2) is 4.98 Å². The van der Waals surface area contributed by atoms with Crippen molar-refractivity contribution in [1.29, 1.82) is 0 Å². The van der Waals surface area contributed by atoms with Crippen LogP contribution in [0.15, 0.2) is 35.1 Å². The minimum absolute atomic E-state index is 0.0218. The second-order valence-corrected chi connectivity index (χ2v) is 5.34. The van der Waals surface area contributed by atoms with Crippen molar-refractivity contribution in [2.24, 2.45) is 0 Å². The zero-order valence-electron chi connectivity index (χ0n) is 11.2. The minimum atomic E-state index is -4.58. The Labute approximate surface area is 132 Å². The predicted molar refractivity (Wildman–Crippen MR) is 76.0 cm³/mol. The van der Waals surface area contributed by atoms with Crippen LogP contribution in [0.4, 0.5) is 13.2 Å². The van der Waals surface area contributed by atoms with Crippen LogP contribution in [-0.4, -0.2) is 26.8 Å². The van der Waals surface area contributed by atoms with Gasteiger partial charge in [-0.3, -0.25) is 4.98 Å². The molecule has 0 amide bonds. The summed E-state index contributed by atoms with van der Waals surface area (Å²) in [4.78, 5) is 7.43. The fourth-order valence-electron chi connectivity index (χ4n) is 1.98. The standard InChI is InChI=1S/C14H12BrF3N2O2/c15-12-3-1-2-10(20-12)13(22)9-7-19-11(14(16,17)18)6-8(9)4-5-21/h1-3,6-7,13,21-22H,4-5H2. The Kier molecular flexibility index (Phi) is 5.15. The fraction of sp³-hybridized carbons (Fsp3) is 0.286. The molecule has 2 heterocycles. The van der Waals surface area contributed by atoms with Gasteiger partial charge in [0.05, 0.1) is 5.69 Å². The second kappa shape index (κ2) is 6.72. The zero-order chi connectivity index (χ0) is 16.3. The Balaban J connectivity index is 2.45. The molecule has 2 N–H and O–H groups in total. The van der Waals surface area contributed by atoms with Crippen molar-refractivity contribution >= 4 is 15.9 Å². The molecule has 0 aliphatic carbocycles. The summed E-state index contributed by atoms with van der Waals surface area (Å²) in [5, 5.41) is 19.4. The van der Waals surface area contributed by atoms with Crippen LogP contribution in [0, 0.1) is 0 Å². The summed E-state index contributed by atoms with van der Waals surface area (Å²) < 4.78 is 38.6. The van der Waals surface area contributed by atoms with E-state index in [-0.39, 0.29) is 29.8 Å². The van der Waals surface area contributed by atoms with E-state index in [0.717, 1.165) is 12.3 Å². The van der Waals surface area contributed by atoms with E-state index in [9.17, 15) is 18.3 Å². The Morgan fingerprint density at radius 1 is 1.27 bits per heavy atom. The molecule has 0 saturated heterocycles. The Morgan fingerprint density at radius 2 is 2.00 bits per heavy atom. The number of aromatic nitrogens is 2. The summed E-state index contributed by atoms with van der Waals surface area (Å²) in [5.74, 6) is 0. The Morgan fingerprint density at radius 3 is 2.59 bits per heavy atom. The largest absolute Gasteiger partial charge is 0.433 e. The molecule has 0 aliphatic heterocycles. The summed E-state index contributed by atoms with van der Waals surface area (Å²) >= 11 is 3.16. The molecule has 0 fully saturated rings. The molecule has 1 unspecified atom stereocenters. The van der Waals surface area contributed by atoms with E-state index in [1.165, 1.54) is 0 Å². The molecule has 0 saturated carbocycles. The van der Waals surface area contributed by atoms with Gasteiger partial charge in [0, 0.05) is 18.4 Å². The zero-order valence-corrected chi connectivity index (χ0v) is 12.8. The first-order chi connectivity index (χ1) is 10.3. The van der Waals surface area contributed by atoms with Crippen LogP contribution >= 0.6 is 15.9 Å². The third-order valence-corrected chi connectivity index (χ3v) is 3.45. The molecule has 1 atom stereocenters. The van der Waals surface area contributed by atoms with Crippen LogP contribution in [0.25, 0.3) is 0 Å². The quantitative estimate of drug-likeness (QED) is 0.805. The molecule has 0 spiro atoms. The van der Waals surface area contributed by atoms with Gasteiger partial charge >= 0.3 is 6.18 Å². The number of hydrogen-bond donors (Lipinski definition) is 2. The summed E-state index contributed by atoms with van der Waals surface area (Å²) in [7, 11) is 0. The minimum Gasteiger partial charge on any atom is -0.396 e. The van der Waals surface area contributed by atoms with E-state index in [4.69, 9.17) is 5.11 Å². The molecule has 0 radical (unpaired) electrons. The van der Waals surface area contributed by atoms with Gasteiger partial charge in [0.15, 0.2) is 0 Å². The van der Waals surface area contributed by atoms with E-state index in [1.807, 2.05) is 0 Å². The number of halogens is 4. The van der Waals surface area contributed by atoms with Crippen LogP contribution in [0.5, 0.6) is 0 Å². The van der Waals surface area contributed by atoms with Crippen molar-refractivity contribution in [3.05, 3.63) is 57.6 Å². The molecule has 118 valence electrons. The molecular weight excluding hydrogens is 365 g/mol. The van der Waals surface area contributed by atoms with Gasteiger partial charge in [0.25, 0.3) is 0 Å². The summed E-state index contributed by atoms with van der Waals surface area (Å²) in [6, 6.07) is 5.71. The van der Waals surface area contributed by atoms with Crippen molar-refractivity contribution in [2.45, 2.75) is 18.7 Å². The van der Waals surface area contributed by atoms with E-state index in [2.05, 4.69) is 25.9 Å². The average Bonchev–Trinajstić information content (AvgIpc) is 2.46. The normalized spacial score (nSPS) is 13.2. The molecule has 22 heavy (non-hydrogen) atoms. The number of rotatable bonds is 4. The van der Waals surface area contributed by atoms with Crippen LogP contribution in [-0.2, 0) is 12.6 Å². The third kappa shape index (κ3) is 3.82. The highest BCUT2D eigenvalue weighted by Gasteiger charge is 2.33. The maximum Gasteiger partial charge on any atom is 0.433 e. The smallest absolute Gasteiger partial charge is 0.396 e. The molecule has 0 aromatic carbocycles. The topological polar surface area (TPSA) is 66.2 Å². The molecule has 2 aromatic heterocycles. The summed E-state index contributed by atoms with van der Waals surface area (Å²) in [6.45, 7) is -0.340. The first-order valence-corrected chi connectivity index (χ1v) is 7.09. The van der Waals surface area contributed by atoms with Crippen LogP contribution in [0.1, 0.15) is 28.6 Å². The first-order valence-electron chi connectivity index (χ1n) is 6.30. The molecular formula is C14H12BrF3N2O2. The lowest BCUT2D eigenvalue weighted by molar-refractivity contribution is -0.141.